The van der Waals surface area contributed by atoms with E-state index in [1.807, 2.05) is 20.0 Å². The van der Waals surface area contributed by atoms with Gasteiger partial charge in [0, 0.05) is 31.5 Å². The van der Waals surface area contributed by atoms with Gasteiger partial charge in [-0.3, -0.25) is 0 Å². The molecule has 0 bridgehead atoms. The fraction of sp³-hybridized carbons (Fsp3) is 0.692. The Morgan fingerprint density at radius 3 is 2.83 bits per heavy atom. The highest BCUT2D eigenvalue weighted by Gasteiger charge is 2.03. The van der Waals surface area contributed by atoms with Crippen molar-refractivity contribution in [1.82, 2.24) is 9.97 Å². The highest BCUT2D eigenvalue weighted by atomic mass is 16.3. The summed E-state index contributed by atoms with van der Waals surface area (Å²) in [5.74, 6) is 1.92. The summed E-state index contributed by atoms with van der Waals surface area (Å²) in [4.78, 5) is 8.62. The van der Waals surface area contributed by atoms with Crippen molar-refractivity contribution in [2.75, 3.05) is 30.3 Å². The molecule has 0 radical (unpaired) electrons. The van der Waals surface area contributed by atoms with Crippen LogP contribution in [0.2, 0.25) is 0 Å². The minimum absolute atomic E-state index is 0.261. The second-order valence-corrected chi connectivity index (χ2v) is 4.61. The van der Waals surface area contributed by atoms with Crippen LogP contribution in [0.25, 0.3) is 0 Å². The summed E-state index contributed by atoms with van der Waals surface area (Å²) in [5.41, 5.74) is 1.05. The minimum Gasteiger partial charge on any atom is -0.396 e. The first-order valence-electron chi connectivity index (χ1n) is 6.59. The summed E-state index contributed by atoms with van der Waals surface area (Å²) in [7, 11) is 0. The van der Waals surface area contributed by atoms with Crippen molar-refractivity contribution in [2.24, 2.45) is 5.92 Å². The Labute approximate surface area is 109 Å². The molecule has 1 aromatic heterocycles. The monoisotopic (exact) mass is 252 g/mol. The van der Waals surface area contributed by atoms with E-state index < -0.39 is 0 Å². The lowest BCUT2D eigenvalue weighted by molar-refractivity contribution is 0.229. The number of rotatable bonds is 8. The molecule has 3 N–H and O–H groups in total. The average molecular weight is 252 g/mol. The smallest absolute Gasteiger partial charge is 0.224 e. The molecule has 5 heteroatoms. The molecule has 0 aliphatic rings. The van der Waals surface area contributed by atoms with Gasteiger partial charge >= 0.3 is 0 Å². The molecule has 0 spiro atoms. The van der Waals surface area contributed by atoms with Gasteiger partial charge in [0.1, 0.15) is 5.82 Å². The molecule has 18 heavy (non-hydrogen) atoms. The van der Waals surface area contributed by atoms with E-state index in [-0.39, 0.29) is 6.61 Å². The predicted molar refractivity (Wildman–Crippen MR) is 74.9 cm³/mol. The van der Waals surface area contributed by atoms with E-state index in [1.54, 1.807) is 0 Å². The van der Waals surface area contributed by atoms with Gasteiger partial charge in [0.2, 0.25) is 5.95 Å². The normalized spacial score (nSPS) is 12.2. The standard InChI is InChI=1S/C13H24N4O/c1-4-14-13-16-8-11(3)12(17-13)15-7-5-6-10(2)9-18/h8,10,18H,4-7,9H2,1-3H3,(H2,14,15,16,17). The third kappa shape index (κ3) is 4.87. The van der Waals surface area contributed by atoms with Gasteiger partial charge < -0.3 is 15.7 Å². The van der Waals surface area contributed by atoms with E-state index in [2.05, 4.69) is 27.5 Å². The Balaban J connectivity index is 2.43. The summed E-state index contributed by atoms with van der Waals surface area (Å²) in [6.07, 6.45) is 3.87. The molecule has 1 heterocycles. The maximum atomic E-state index is 8.94. The van der Waals surface area contributed by atoms with Crippen molar-refractivity contribution in [2.45, 2.75) is 33.6 Å². The molecule has 102 valence electrons. The van der Waals surface area contributed by atoms with E-state index in [4.69, 9.17) is 5.11 Å². The molecular formula is C13H24N4O. The molecule has 0 aliphatic heterocycles. The largest absolute Gasteiger partial charge is 0.396 e. The predicted octanol–water partition coefficient (Wildman–Crippen LogP) is 2.04. The molecule has 1 unspecified atom stereocenters. The number of nitrogens with one attached hydrogen (secondary N) is 2. The Kier molecular flexibility index (Phi) is 6.43. The zero-order chi connectivity index (χ0) is 13.4. The molecule has 1 rings (SSSR count). The second-order valence-electron chi connectivity index (χ2n) is 4.61. The average Bonchev–Trinajstić information content (AvgIpc) is 2.38. The van der Waals surface area contributed by atoms with Crippen molar-refractivity contribution in [1.29, 1.82) is 0 Å². The van der Waals surface area contributed by atoms with Gasteiger partial charge in [-0.15, -0.1) is 0 Å². The van der Waals surface area contributed by atoms with Crippen molar-refractivity contribution < 1.29 is 5.11 Å². The Morgan fingerprint density at radius 2 is 2.17 bits per heavy atom. The molecule has 0 saturated carbocycles. The molecule has 0 fully saturated rings. The van der Waals surface area contributed by atoms with E-state index in [9.17, 15) is 0 Å². The third-order valence-electron chi connectivity index (χ3n) is 2.78. The third-order valence-corrected chi connectivity index (χ3v) is 2.78. The number of aliphatic hydroxyl groups excluding tert-OH is 1. The van der Waals surface area contributed by atoms with Crippen LogP contribution in [-0.4, -0.2) is 34.8 Å². The number of aromatic nitrogens is 2. The Bertz CT molecular complexity index is 357. The summed E-state index contributed by atoms with van der Waals surface area (Å²) in [6.45, 7) is 8.02. The number of hydrogen-bond donors (Lipinski definition) is 3. The number of anilines is 2. The van der Waals surface area contributed by atoms with Crippen LogP contribution >= 0.6 is 0 Å². The van der Waals surface area contributed by atoms with Crippen LogP contribution in [0.5, 0.6) is 0 Å². The Morgan fingerprint density at radius 1 is 1.39 bits per heavy atom. The second kappa shape index (κ2) is 7.87. The van der Waals surface area contributed by atoms with Gasteiger partial charge in [0.05, 0.1) is 0 Å². The van der Waals surface area contributed by atoms with Gasteiger partial charge in [-0.05, 0) is 32.6 Å². The quantitative estimate of drug-likeness (QED) is 0.618. The summed E-state index contributed by atoms with van der Waals surface area (Å²) in [6, 6.07) is 0. The number of hydrogen-bond acceptors (Lipinski definition) is 5. The van der Waals surface area contributed by atoms with E-state index in [1.165, 1.54) is 0 Å². The zero-order valence-electron chi connectivity index (χ0n) is 11.5. The lowest BCUT2D eigenvalue weighted by Gasteiger charge is -2.11. The van der Waals surface area contributed by atoms with Crippen LogP contribution in [0, 0.1) is 12.8 Å². The number of aliphatic hydroxyl groups is 1. The number of aryl methyl sites for hydroxylation is 1. The first-order valence-corrected chi connectivity index (χ1v) is 6.59. The lowest BCUT2D eigenvalue weighted by Crippen LogP contribution is -2.10. The summed E-state index contributed by atoms with van der Waals surface area (Å²) in [5, 5.41) is 15.4. The molecular weight excluding hydrogens is 228 g/mol. The molecule has 1 aromatic rings. The summed E-state index contributed by atoms with van der Waals surface area (Å²) >= 11 is 0. The van der Waals surface area contributed by atoms with Gasteiger partial charge in [-0.25, -0.2) is 4.98 Å². The molecule has 0 saturated heterocycles. The van der Waals surface area contributed by atoms with Crippen LogP contribution < -0.4 is 10.6 Å². The van der Waals surface area contributed by atoms with E-state index >= 15 is 0 Å². The van der Waals surface area contributed by atoms with Gasteiger partial charge in [0.25, 0.3) is 0 Å². The highest BCUT2D eigenvalue weighted by Crippen LogP contribution is 2.13. The topological polar surface area (TPSA) is 70.1 Å². The highest BCUT2D eigenvalue weighted by molar-refractivity contribution is 5.46. The van der Waals surface area contributed by atoms with Crippen LogP contribution in [0.15, 0.2) is 6.20 Å². The fourth-order valence-corrected chi connectivity index (χ4v) is 1.61. The molecule has 5 nitrogen and oxygen atoms in total. The zero-order valence-corrected chi connectivity index (χ0v) is 11.5. The molecule has 0 aliphatic carbocycles. The van der Waals surface area contributed by atoms with Crippen molar-refractivity contribution in [3.63, 3.8) is 0 Å². The first-order chi connectivity index (χ1) is 8.67. The molecule has 1 atom stereocenters. The van der Waals surface area contributed by atoms with Crippen LogP contribution in [0.1, 0.15) is 32.3 Å². The maximum absolute atomic E-state index is 8.94. The van der Waals surface area contributed by atoms with Crippen LogP contribution in [0.4, 0.5) is 11.8 Å². The summed E-state index contributed by atoms with van der Waals surface area (Å²) < 4.78 is 0. The van der Waals surface area contributed by atoms with Gasteiger partial charge in [-0.2, -0.15) is 4.98 Å². The SMILES string of the molecule is CCNc1ncc(C)c(NCCCC(C)CO)n1. The number of nitrogens with zero attached hydrogens (tertiary/aromatic N) is 2. The minimum atomic E-state index is 0.261. The van der Waals surface area contributed by atoms with Crippen molar-refractivity contribution >= 4 is 11.8 Å². The molecule has 0 aromatic carbocycles. The van der Waals surface area contributed by atoms with Gasteiger partial charge in [0.15, 0.2) is 0 Å². The van der Waals surface area contributed by atoms with Crippen molar-refractivity contribution in [3.05, 3.63) is 11.8 Å². The van der Waals surface area contributed by atoms with E-state index in [0.29, 0.717) is 11.9 Å². The fourth-order valence-electron chi connectivity index (χ4n) is 1.61. The van der Waals surface area contributed by atoms with Crippen LogP contribution in [-0.2, 0) is 0 Å². The van der Waals surface area contributed by atoms with Gasteiger partial charge in [-0.1, -0.05) is 6.92 Å². The van der Waals surface area contributed by atoms with E-state index in [0.717, 1.165) is 37.3 Å². The van der Waals surface area contributed by atoms with Crippen molar-refractivity contribution in [3.8, 4) is 0 Å². The maximum Gasteiger partial charge on any atom is 0.224 e. The molecule has 0 amide bonds. The lowest BCUT2D eigenvalue weighted by atomic mass is 10.1. The first kappa shape index (κ1) is 14.7. The Hall–Kier alpha value is -1.36. The van der Waals surface area contributed by atoms with Crippen LogP contribution in [0.3, 0.4) is 0 Å².